The molecule has 0 spiro atoms. The van der Waals surface area contributed by atoms with E-state index in [0.29, 0.717) is 17.4 Å². The number of fused-ring (bicyclic) bond motifs is 1. The van der Waals surface area contributed by atoms with Gasteiger partial charge in [0.1, 0.15) is 22.6 Å². The van der Waals surface area contributed by atoms with E-state index < -0.39 is 63.1 Å². The van der Waals surface area contributed by atoms with Crippen LogP contribution < -0.4 is 18.5 Å². The lowest BCUT2D eigenvalue weighted by Gasteiger charge is -2.43. The number of para-hydroxylation sites is 1. The molecule has 3 unspecified atom stereocenters. The number of rotatable bonds is 8. The Bertz CT molecular complexity index is 1860. The molecule has 3 aromatic rings. The zero-order chi connectivity index (χ0) is 33.9. The zero-order valence-corrected chi connectivity index (χ0v) is 26.5. The van der Waals surface area contributed by atoms with Gasteiger partial charge in [-0.2, -0.15) is 0 Å². The predicted octanol–water partition coefficient (Wildman–Crippen LogP) is 4.88. The van der Waals surface area contributed by atoms with Crippen LogP contribution in [-0.4, -0.2) is 82.5 Å². The van der Waals surface area contributed by atoms with Gasteiger partial charge in [-0.05, 0) is 42.8 Å². The monoisotopic (exact) mass is 697 g/mol. The van der Waals surface area contributed by atoms with Crippen molar-refractivity contribution >= 4 is 39.1 Å². The summed E-state index contributed by atoms with van der Waals surface area (Å²) in [4.78, 5) is 30.8. The van der Waals surface area contributed by atoms with E-state index in [1.807, 2.05) is 0 Å². The summed E-state index contributed by atoms with van der Waals surface area (Å²) in [6.07, 6.45) is -6.45. The van der Waals surface area contributed by atoms with Crippen LogP contribution in [0.3, 0.4) is 0 Å². The summed E-state index contributed by atoms with van der Waals surface area (Å²) >= 11 is 6.45. The van der Waals surface area contributed by atoms with Gasteiger partial charge in [-0.15, -0.1) is 13.2 Å². The second-order valence-corrected chi connectivity index (χ2v) is 13.4. The summed E-state index contributed by atoms with van der Waals surface area (Å²) < 4.78 is 100. The van der Waals surface area contributed by atoms with E-state index in [1.54, 1.807) is 12.1 Å². The van der Waals surface area contributed by atoms with Crippen LogP contribution in [0, 0.1) is 0 Å². The molecule has 3 atom stereocenters. The molecule has 3 aliphatic heterocycles. The minimum Gasteiger partial charge on any atom is -0.497 e. The maximum absolute atomic E-state index is 15.5. The molecule has 0 saturated carbocycles. The van der Waals surface area contributed by atoms with Crippen molar-refractivity contribution in [1.82, 2.24) is 9.80 Å². The van der Waals surface area contributed by atoms with E-state index in [4.69, 9.17) is 21.1 Å². The summed E-state index contributed by atoms with van der Waals surface area (Å²) in [6.45, 7) is 0.398. The third-order valence-corrected chi connectivity index (χ3v) is 10.6. The summed E-state index contributed by atoms with van der Waals surface area (Å²) in [5.74, 6) is -2.84. The van der Waals surface area contributed by atoms with Crippen LogP contribution in [0.1, 0.15) is 24.0 Å². The minimum absolute atomic E-state index is 0.0367. The number of nitrogens with zero attached hydrogens (tertiary/aromatic N) is 3. The molecule has 0 aliphatic carbocycles. The van der Waals surface area contributed by atoms with Crippen molar-refractivity contribution in [2.24, 2.45) is 0 Å². The van der Waals surface area contributed by atoms with E-state index in [0.717, 1.165) is 24.6 Å². The summed E-state index contributed by atoms with van der Waals surface area (Å²) in [5.41, 5.74) is -2.46. The van der Waals surface area contributed by atoms with Crippen molar-refractivity contribution in [3.63, 3.8) is 0 Å². The average Bonchev–Trinajstić information content (AvgIpc) is 3.50. The molecular weight excluding hydrogens is 670 g/mol. The number of likely N-dealkylation sites (tertiary alicyclic amines) is 2. The molecule has 2 fully saturated rings. The smallest absolute Gasteiger partial charge is 0.497 e. The molecule has 3 aromatic carbocycles. The Morgan fingerprint density at radius 3 is 2.34 bits per heavy atom. The second kappa shape index (κ2) is 11.9. The molecule has 2 saturated heterocycles. The molecule has 16 heteroatoms. The van der Waals surface area contributed by atoms with Gasteiger partial charge in [0, 0.05) is 48.3 Å². The third-order valence-electron chi connectivity index (χ3n) is 8.59. The first-order valence-electron chi connectivity index (χ1n) is 14.4. The van der Waals surface area contributed by atoms with Crippen LogP contribution in [0.2, 0.25) is 5.02 Å². The quantitative estimate of drug-likeness (QED) is 0.307. The highest BCUT2D eigenvalue weighted by molar-refractivity contribution is 7.93. The number of methoxy groups -OCH3 is 2. The molecule has 3 heterocycles. The fourth-order valence-corrected chi connectivity index (χ4v) is 8.22. The highest BCUT2D eigenvalue weighted by Crippen LogP contribution is 2.55. The van der Waals surface area contributed by atoms with Crippen LogP contribution in [0.15, 0.2) is 65.6 Å². The maximum atomic E-state index is 15.5. The summed E-state index contributed by atoms with van der Waals surface area (Å²) in [6, 6.07) is 11.5. The van der Waals surface area contributed by atoms with Crippen molar-refractivity contribution in [2.75, 3.05) is 38.2 Å². The summed E-state index contributed by atoms with van der Waals surface area (Å²) in [7, 11) is -2.74. The van der Waals surface area contributed by atoms with Gasteiger partial charge in [0.05, 0.1) is 25.9 Å². The van der Waals surface area contributed by atoms with Crippen molar-refractivity contribution in [3.05, 3.63) is 76.8 Å². The number of anilines is 1. The fraction of sp³-hybridized carbons (Fsp3) is 0.355. The highest BCUT2D eigenvalue weighted by Gasteiger charge is 2.64. The van der Waals surface area contributed by atoms with Crippen molar-refractivity contribution in [1.29, 1.82) is 0 Å². The number of sulfonamides is 1. The number of benzene rings is 3. The number of hydrogen-bond donors (Lipinski definition) is 0. The lowest BCUT2D eigenvalue weighted by molar-refractivity contribution is -0.275. The number of ether oxygens (including phenoxy) is 3. The Kier molecular flexibility index (Phi) is 8.29. The molecule has 6 rings (SSSR count). The molecule has 0 bridgehead atoms. The highest BCUT2D eigenvalue weighted by atomic mass is 35.5. The maximum Gasteiger partial charge on any atom is 0.573 e. The van der Waals surface area contributed by atoms with Gasteiger partial charge in [0.2, 0.25) is 5.91 Å². The number of hydrogen-bond acceptors (Lipinski definition) is 8. The Morgan fingerprint density at radius 1 is 0.979 bits per heavy atom. The lowest BCUT2D eigenvalue weighted by atomic mass is 9.80. The van der Waals surface area contributed by atoms with Crippen molar-refractivity contribution in [2.45, 2.75) is 41.9 Å². The van der Waals surface area contributed by atoms with Gasteiger partial charge < -0.3 is 19.1 Å². The fourth-order valence-electron chi connectivity index (χ4n) is 6.49. The number of alkyl halides is 4. The third kappa shape index (κ3) is 5.33. The first kappa shape index (κ1) is 32.8. The molecule has 47 heavy (non-hydrogen) atoms. The van der Waals surface area contributed by atoms with Crippen LogP contribution in [0.25, 0.3) is 0 Å². The Morgan fingerprint density at radius 2 is 1.70 bits per heavy atom. The van der Waals surface area contributed by atoms with Crippen molar-refractivity contribution < 1.29 is 49.8 Å². The number of halogens is 5. The largest absolute Gasteiger partial charge is 0.573 e. The molecule has 0 radical (unpaired) electrons. The summed E-state index contributed by atoms with van der Waals surface area (Å²) in [5, 5.41) is 0.0715. The normalized spacial score (nSPS) is 23.0. The van der Waals surface area contributed by atoms with Crippen LogP contribution in [0.5, 0.6) is 17.2 Å². The minimum atomic E-state index is -5.31. The van der Waals surface area contributed by atoms with Crippen LogP contribution >= 0.6 is 11.6 Å². The molecule has 2 amide bonds. The molecule has 10 nitrogen and oxygen atoms in total. The van der Waals surface area contributed by atoms with Gasteiger partial charge in [-0.3, -0.25) is 14.5 Å². The van der Waals surface area contributed by atoms with Crippen LogP contribution in [-0.2, 0) is 25.2 Å². The number of amides is 2. The Balaban J connectivity index is 1.63. The SMILES string of the molecule is COc1ccc(S(=O)(=O)N2C(=O)C(c3ccccc3OC)(N3CC(F)CC3C(=O)N3CCC3)c3cc(Cl)ccc32)c(OC(F)(F)F)c1. The van der Waals surface area contributed by atoms with E-state index in [-0.39, 0.29) is 39.8 Å². The molecule has 3 aliphatic rings. The standard InChI is InChI=1S/C31H28ClF4N3O7S/c1-44-20-9-11-27(26(16-20)46-31(34,35)36)47(42,43)39-23-10-8-18(32)14-22(23)30(29(39)41,21-6-3-4-7-25(21)45-2)38-17-19(33)15-24(38)28(40)37-12-5-13-37/h3-4,6-11,14,16,19,24H,5,12-13,15,17H2,1-2H3. The van der Waals surface area contributed by atoms with Gasteiger partial charge in [0.25, 0.3) is 15.9 Å². The lowest BCUT2D eigenvalue weighted by Crippen LogP contribution is -2.60. The van der Waals surface area contributed by atoms with E-state index >= 15 is 9.18 Å². The van der Waals surface area contributed by atoms with Gasteiger partial charge in [0.15, 0.2) is 11.3 Å². The molecule has 0 aromatic heterocycles. The first-order valence-corrected chi connectivity index (χ1v) is 16.2. The Hall–Kier alpha value is -4.08. The second-order valence-electron chi connectivity index (χ2n) is 11.2. The van der Waals surface area contributed by atoms with Crippen LogP contribution in [0.4, 0.5) is 23.2 Å². The van der Waals surface area contributed by atoms with Gasteiger partial charge in [-0.25, -0.2) is 17.1 Å². The molecule has 250 valence electrons. The van der Waals surface area contributed by atoms with E-state index in [9.17, 15) is 26.4 Å². The van der Waals surface area contributed by atoms with Crippen molar-refractivity contribution in [3.8, 4) is 17.2 Å². The van der Waals surface area contributed by atoms with E-state index in [1.165, 1.54) is 54.4 Å². The first-order chi connectivity index (χ1) is 22.2. The molecular formula is C31H28ClF4N3O7S. The average molecular weight is 698 g/mol. The van der Waals surface area contributed by atoms with E-state index in [2.05, 4.69) is 4.74 Å². The molecule has 0 N–H and O–H groups in total. The zero-order valence-electron chi connectivity index (χ0n) is 25.0. The topological polar surface area (TPSA) is 106 Å². The Labute approximate surface area is 272 Å². The number of carbonyl (C=O) groups excluding carboxylic acids is 2. The number of carbonyl (C=O) groups is 2. The predicted molar refractivity (Wildman–Crippen MR) is 161 cm³/mol. The van der Waals surface area contributed by atoms with Gasteiger partial charge in [-0.1, -0.05) is 29.8 Å². The van der Waals surface area contributed by atoms with Gasteiger partial charge >= 0.3 is 6.36 Å².